The van der Waals surface area contributed by atoms with E-state index in [9.17, 15) is 0 Å². The summed E-state index contributed by atoms with van der Waals surface area (Å²) in [6, 6.07) is 3.84. The van der Waals surface area contributed by atoms with Crippen molar-refractivity contribution in [3.63, 3.8) is 0 Å². The fourth-order valence-electron chi connectivity index (χ4n) is 1.13. The molecule has 0 aliphatic carbocycles. The molecule has 0 aliphatic rings. The minimum Gasteiger partial charge on any atom is -0.408 e. The molecular weight excluding hydrogens is 180 g/mol. The fourth-order valence-corrected chi connectivity index (χ4v) is 1.13. The second-order valence-electron chi connectivity index (χ2n) is 3.03. The molecule has 1 unspecified atom stereocenters. The summed E-state index contributed by atoms with van der Waals surface area (Å²) in [6.07, 6.45) is 3.43. The molecule has 1 rings (SSSR count). The zero-order chi connectivity index (χ0) is 10.6. The molecule has 0 fully saturated rings. The van der Waals surface area contributed by atoms with Crippen LogP contribution in [0.2, 0.25) is 0 Å². The van der Waals surface area contributed by atoms with E-state index < -0.39 is 0 Å². The highest BCUT2D eigenvalue weighted by atomic mass is 16.4. The molecule has 1 heterocycles. The zero-order valence-corrected chi connectivity index (χ0v) is 8.25. The van der Waals surface area contributed by atoms with Crippen molar-refractivity contribution < 1.29 is 5.21 Å². The maximum absolute atomic E-state index is 8.51. The van der Waals surface area contributed by atoms with Gasteiger partial charge in [-0.1, -0.05) is 5.16 Å². The number of rotatable bonds is 2. The number of aromatic nitrogens is 1. The molecule has 3 N–H and O–H groups in total. The SMILES string of the molecule is CC(c1ccncc1)N(C)/C(N)=N/O. The molecule has 1 aromatic rings. The molecule has 0 saturated heterocycles. The Morgan fingerprint density at radius 1 is 1.57 bits per heavy atom. The predicted molar refractivity (Wildman–Crippen MR) is 53.8 cm³/mol. The summed E-state index contributed by atoms with van der Waals surface area (Å²) < 4.78 is 0. The minimum atomic E-state index is 0.0499. The molecule has 5 nitrogen and oxygen atoms in total. The van der Waals surface area contributed by atoms with Gasteiger partial charge in [0.1, 0.15) is 0 Å². The monoisotopic (exact) mass is 194 g/mol. The van der Waals surface area contributed by atoms with Crippen molar-refractivity contribution in [3.8, 4) is 0 Å². The van der Waals surface area contributed by atoms with E-state index in [0.717, 1.165) is 5.56 Å². The van der Waals surface area contributed by atoms with E-state index in [1.165, 1.54) is 0 Å². The Morgan fingerprint density at radius 3 is 2.64 bits per heavy atom. The Morgan fingerprint density at radius 2 is 2.14 bits per heavy atom. The van der Waals surface area contributed by atoms with Gasteiger partial charge >= 0.3 is 0 Å². The first-order valence-electron chi connectivity index (χ1n) is 4.27. The van der Waals surface area contributed by atoms with Gasteiger partial charge in [-0.2, -0.15) is 0 Å². The van der Waals surface area contributed by atoms with Crippen LogP contribution >= 0.6 is 0 Å². The van der Waals surface area contributed by atoms with E-state index in [2.05, 4.69) is 10.1 Å². The second kappa shape index (κ2) is 4.45. The highest BCUT2D eigenvalue weighted by Crippen LogP contribution is 2.16. The van der Waals surface area contributed by atoms with Gasteiger partial charge in [0.2, 0.25) is 5.96 Å². The molecule has 76 valence electrons. The van der Waals surface area contributed by atoms with E-state index in [0.29, 0.717) is 0 Å². The first kappa shape index (κ1) is 10.3. The average molecular weight is 194 g/mol. The number of nitrogens with zero attached hydrogens (tertiary/aromatic N) is 3. The van der Waals surface area contributed by atoms with Crippen molar-refractivity contribution in [2.45, 2.75) is 13.0 Å². The van der Waals surface area contributed by atoms with E-state index in [4.69, 9.17) is 10.9 Å². The molecule has 0 spiro atoms. The van der Waals surface area contributed by atoms with E-state index >= 15 is 0 Å². The van der Waals surface area contributed by atoms with Gasteiger partial charge in [0.25, 0.3) is 0 Å². The molecular formula is C9H14N4O. The van der Waals surface area contributed by atoms with Gasteiger partial charge < -0.3 is 15.8 Å². The maximum atomic E-state index is 8.51. The summed E-state index contributed by atoms with van der Waals surface area (Å²) in [7, 11) is 1.76. The van der Waals surface area contributed by atoms with Crippen LogP contribution in [0.4, 0.5) is 0 Å². The van der Waals surface area contributed by atoms with E-state index in [1.807, 2.05) is 19.1 Å². The van der Waals surface area contributed by atoms with Gasteiger partial charge in [0.05, 0.1) is 6.04 Å². The number of hydrogen-bond donors (Lipinski definition) is 2. The third-order valence-corrected chi connectivity index (χ3v) is 2.23. The van der Waals surface area contributed by atoms with Crippen molar-refractivity contribution in [1.29, 1.82) is 0 Å². The van der Waals surface area contributed by atoms with Crippen LogP contribution in [0.5, 0.6) is 0 Å². The molecule has 0 amide bonds. The Kier molecular flexibility index (Phi) is 3.28. The third-order valence-electron chi connectivity index (χ3n) is 2.23. The van der Waals surface area contributed by atoms with Crippen LogP contribution < -0.4 is 5.73 Å². The molecule has 0 saturated carbocycles. The maximum Gasteiger partial charge on any atom is 0.233 e. The molecule has 14 heavy (non-hydrogen) atoms. The molecule has 1 atom stereocenters. The van der Waals surface area contributed by atoms with Crippen molar-refractivity contribution in [2.75, 3.05) is 7.05 Å². The highest BCUT2D eigenvalue weighted by Gasteiger charge is 2.13. The average Bonchev–Trinajstić information content (AvgIpc) is 2.27. The zero-order valence-electron chi connectivity index (χ0n) is 8.25. The molecule has 0 aromatic carbocycles. The number of guanidine groups is 1. The Bertz CT molecular complexity index is 312. The standard InChI is InChI=1S/C9H14N4O/c1-7(13(2)9(10)12-14)8-3-5-11-6-4-8/h3-7,14H,1-2H3,(H2,10,12). The van der Waals surface area contributed by atoms with Crippen LogP contribution in [-0.4, -0.2) is 28.1 Å². The van der Waals surface area contributed by atoms with Crippen molar-refractivity contribution in [3.05, 3.63) is 30.1 Å². The lowest BCUT2D eigenvalue weighted by Gasteiger charge is -2.24. The molecule has 0 radical (unpaired) electrons. The van der Waals surface area contributed by atoms with Gasteiger partial charge in [0, 0.05) is 19.4 Å². The summed E-state index contributed by atoms with van der Waals surface area (Å²) >= 11 is 0. The fraction of sp³-hybridized carbons (Fsp3) is 0.333. The first-order chi connectivity index (χ1) is 6.66. The lowest BCUT2D eigenvalue weighted by Crippen LogP contribution is -2.35. The summed E-state index contributed by atoms with van der Waals surface area (Å²) in [6.45, 7) is 1.97. The summed E-state index contributed by atoms with van der Waals surface area (Å²) in [5.41, 5.74) is 6.53. The molecule has 1 aromatic heterocycles. The quantitative estimate of drug-likeness (QED) is 0.316. The van der Waals surface area contributed by atoms with Crippen LogP contribution in [-0.2, 0) is 0 Å². The number of nitrogens with two attached hydrogens (primary N) is 1. The topological polar surface area (TPSA) is 74.7 Å². The second-order valence-corrected chi connectivity index (χ2v) is 3.03. The van der Waals surface area contributed by atoms with Crippen LogP contribution in [0, 0.1) is 0 Å². The Labute approximate surface area is 82.9 Å². The molecule has 0 bridgehead atoms. The van der Waals surface area contributed by atoms with Crippen LogP contribution in [0.15, 0.2) is 29.7 Å². The van der Waals surface area contributed by atoms with Crippen LogP contribution in [0.1, 0.15) is 18.5 Å². The highest BCUT2D eigenvalue weighted by molar-refractivity contribution is 5.77. The lowest BCUT2D eigenvalue weighted by atomic mass is 10.1. The van der Waals surface area contributed by atoms with E-state index in [-0.39, 0.29) is 12.0 Å². The molecule has 0 aliphatic heterocycles. The minimum absolute atomic E-state index is 0.0499. The first-order valence-corrected chi connectivity index (χ1v) is 4.27. The Hall–Kier alpha value is -1.78. The van der Waals surface area contributed by atoms with Gasteiger partial charge in [0.15, 0.2) is 0 Å². The van der Waals surface area contributed by atoms with Gasteiger partial charge in [-0.15, -0.1) is 0 Å². The summed E-state index contributed by atoms with van der Waals surface area (Å²) in [4.78, 5) is 5.60. The Balaban J connectivity index is 2.81. The van der Waals surface area contributed by atoms with Crippen molar-refractivity contribution in [2.24, 2.45) is 10.9 Å². The predicted octanol–water partition coefficient (Wildman–Crippen LogP) is 0.778. The third kappa shape index (κ3) is 2.12. The summed E-state index contributed by atoms with van der Waals surface area (Å²) in [5.74, 6) is 0.0920. The van der Waals surface area contributed by atoms with Crippen molar-refractivity contribution in [1.82, 2.24) is 9.88 Å². The van der Waals surface area contributed by atoms with Gasteiger partial charge in [-0.25, -0.2) is 0 Å². The van der Waals surface area contributed by atoms with Gasteiger partial charge in [-0.3, -0.25) is 4.98 Å². The van der Waals surface area contributed by atoms with Crippen molar-refractivity contribution >= 4 is 5.96 Å². The lowest BCUT2D eigenvalue weighted by molar-refractivity contribution is 0.294. The number of oxime groups is 1. The number of hydrogen-bond acceptors (Lipinski definition) is 3. The van der Waals surface area contributed by atoms with Gasteiger partial charge in [-0.05, 0) is 24.6 Å². The van der Waals surface area contributed by atoms with Crippen LogP contribution in [0.3, 0.4) is 0 Å². The summed E-state index contributed by atoms with van der Waals surface area (Å²) in [5, 5.41) is 11.4. The molecule has 5 heteroatoms. The largest absolute Gasteiger partial charge is 0.408 e. The number of pyridine rings is 1. The van der Waals surface area contributed by atoms with E-state index in [1.54, 1.807) is 24.3 Å². The normalized spacial score (nSPS) is 13.7. The van der Waals surface area contributed by atoms with Crippen LogP contribution in [0.25, 0.3) is 0 Å². The smallest absolute Gasteiger partial charge is 0.233 e.